The summed E-state index contributed by atoms with van der Waals surface area (Å²) in [6.07, 6.45) is 3.41. The van der Waals surface area contributed by atoms with Gasteiger partial charge in [0.2, 0.25) is 11.8 Å². The first-order chi connectivity index (χ1) is 11.5. The molecule has 0 aliphatic carbocycles. The Morgan fingerprint density at radius 3 is 2.96 bits per heavy atom. The fraction of sp³-hybridized carbons (Fsp3) is 0.579. The van der Waals surface area contributed by atoms with E-state index in [0.29, 0.717) is 24.7 Å². The Hall–Kier alpha value is -1.88. The summed E-state index contributed by atoms with van der Waals surface area (Å²) >= 11 is 0. The highest BCUT2D eigenvalue weighted by Crippen LogP contribution is 2.27. The number of carbonyl (C=O) groups excluding carboxylic acids is 2. The van der Waals surface area contributed by atoms with Gasteiger partial charge < -0.3 is 16.0 Å². The highest BCUT2D eigenvalue weighted by Gasteiger charge is 2.23. The number of benzene rings is 1. The summed E-state index contributed by atoms with van der Waals surface area (Å²) in [5.41, 5.74) is 2.95. The van der Waals surface area contributed by atoms with Gasteiger partial charge in [0, 0.05) is 12.1 Å². The Morgan fingerprint density at radius 2 is 2.21 bits per heavy atom. The molecule has 130 valence electrons. The third-order valence-corrected chi connectivity index (χ3v) is 5.28. The van der Waals surface area contributed by atoms with Crippen molar-refractivity contribution in [2.75, 3.05) is 18.4 Å². The van der Waals surface area contributed by atoms with Gasteiger partial charge in [-0.1, -0.05) is 19.1 Å². The molecule has 0 saturated carbocycles. The average molecular weight is 329 g/mol. The molecule has 2 amide bonds. The average Bonchev–Trinajstić information content (AvgIpc) is 2.94. The maximum atomic E-state index is 12.4. The lowest BCUT2D eigenvalue weighted by Crippen LogP contribution is -2.36. The van der Waals surface area contributed by atoms with E-state index >= 15 is 0 Å². The van der Waals surface area contributed by atoms with Crippen LogP contribution in [0.3, 0.4) is 0 Å². The minimum atomic E-state index is -0.0461. The predicted octanol–water partition coefficient (Wildman–Crippen LogP) is 2.38. The zero-order valence-corrected chi connectivity index (χ0v) is 14.5. The molecule has 2 heterocycles. The van der Waals surface area contributed by atoms with Crippen molar-refractivity contribution in [3.05, 3.63) is 29.3 Å². The topological polar surface area (TPSA) is 70.2 Å². The molecule has 1 aromatic rings. The first-order valence-corrected chi connectivity index (χ1v) is 8.95. The quantitative estimate of drug-likeness (QED) is 0.777. The summed E-state index contributed by atoms with van der Waals surface area (Å²) in [6, 6.07) is 5.88. The largest absolute Gasteiger partial charge is 0.350 e. The van der Waals surface area contributed by atoms with Crippen LogP contribution in [0.4, 0.5) is 5.69 Å². The van der Waals surface area contributed by atoms with Crippen molar-refractivity contribution in [1.29, 1.82) is 0 Å². The van der Waals surface area contributed by atoms with E-state index in [9.17, 15) is 9.59 Å². The molecule has 3 unspecified atom stereocenters. The molecule has 1 saturated heterocycles. The van der Waals surface area contributed by atoms with E-state index in [4.69, 9.17) is 0 Å². The normalized spacial score (nSPS) is 22.4. The second-order valence-corrected chi connectivity index (χ2v) is 7.22. The number of hydrogen-bond donors (Lipinski definition) is 3. The zero-order chi connectivity index (χ0) is 17.1. The molecule has 5 nitrogen and oxygen atoms in total. The van der Waals surface area contributed by atoms with Gasteiger partial charge in [0.05, 0.1) is 12.5 Å². The molecular weight excluding hydrogens is 302 g/mol. The van der Waals surface area contributed by atoms with E-state index in [1.165, 1.54) is 12.8 Å². The van der Waals surface area contributed by atoms with Gasteiger partial charge in [-0.05, 0) is 61.9 Å². The summed E-state index contributed by atoms with van der Waals surface area (Å²) in [7, 11) is 0. The molecule has 2 aliphatic heterocycles. The lowest BCUT2D eigenvalue weighted by atomic mass is 9.85. The number of carbonyl (C=O) groups is 2. The first kappa shape index (κ1) is 17.0. The number of fused-ring (bicyclic) bond motifs is 1. The number of anilines is 1. The Kier molecular flexibility index (Phi) is 5.19. The summed E-state index contributed by atoms with van der Waals surface area (Å²) in [6.45, 7) is 6.29. The van der Waals surface area contributed by atoms with Crippen LogP contribution in [-0.4, -0.2) is 24.9 Å². The molecule has 0 radical (unpaired) electrons. The lowest BCUT2D eigenvalue weighted by molar-refractivity contribution is -0.123. The van der Waals surface area contributed by atoms with E-state index in [0.717, 1.165) is 29.9 Å². The Labute approximate surface area is 143 Å². The molecule has 0 aromatic heterocycles. The fourth-order valence-corrected chi connectivity index (χ4v) is 3.73. The maximum absolute atomic E-state index is 12.4. The van der Waals surface area contributed by atoms with Gasteiger partial charge in [0.25, 0.3) is 0 Å². The summed E-state index contributed by atoms with van der Waals surface area (Å²) in [5.74, 6) is 1.13. The Bertz CT molecular complexity index is 623. The van der Waals surface area contributed by atoms with Crippen molar-refractivity contribution in [3.63, 3.8) is 0 Å². The van der Waals surface area contributed by atoms with E-state index in [-0.39, 0.29) is 17.9 Å². The zero-order valence-electron chi connectivity index (χ0n) is 14.5. The van der Waals surface area contributed by atoms with Gasteiger partial charge in [-0.2, -0.15) is 0 Å². The van der Waals surface area contributed by atoms with E-state index in [1.807, 2.05) is 25.1 Å². The molecule has 5 heteroatoms. The maximum Gasteiger partial charge on any atom is 0.228 e. The molecular formula is C19H27N3O2. The van der Waals surface area contributed by atoms with Crippen LogP contribution in [0.25, 0.3) is 0 Å². The monoisotopic (exact) mass is 329 g/mol. The first-order valence-electron chi connectivity index (χ1n) is 8.95. The molecule has 0 spiro atoms. The third-order valence-electron chi connectivity index (χ3n) is 5.28. The van der Waals surface area contributed by atoms with Gasteiger partial charge in [0.1, 0.15) is 0 Å². The number of nitrogens with one attached hydrogen (secondary N) is 3. The highest BCUT2D eigenvalue weighted by molar-refractivity contribution is 5.99. The molecule has 3 rings (SSSR count). The number of amides is 2. The van der Waals surface area contributed by atoms with Gasteiger partial charge in [-0.25, -0.2) is 0 Å². The summed E-state index contributed by atoms with van der Waals surface area (Å²) in [5, 5.41) is 9.36. The van der Waals surface area contributed by atoms with E-state index in [1.54, 1.807) is 0 Å². The number of hydrogen-bond acceptors (Lipinski definition) is 3. The van der Waals surface area contributed by atoms with Crippen molar-refractivity contribution >= 4 is 17.5 Å². The standard InChI is InChI=1S/C19H27N3O2/c1-12(15-4-3-7-20-11-15)8-18(23)21-13(2)14-5-6-17-16(9-14)10-19(24)22-17/h5-6,9,12-13,15,20H,3-4,7-8,10-11H2,1-2H3,(H,21,23)(H,22,24). The van der Waals surface area contributed by atoms with Crippen LogP contribution in [0, 0.1) is 11.8 Å². The molecule has 2 aliphatic rings. The summed E-state index contributed by atoms with van der Waals surface area (Å²) < 4.78 is 0. The van der Waals surface area contributed by atoms with Gasteiger partial charge in [0.15, 0.2) is 0 Å². The van der Waals surface area contributed by atoms with Crippen LogP contribution >= 0.6 is 0 Å². The van der Waals surface area contributed by atoms with Crippen molar-refractivity contribution in [1.82, 2.24) is 10.6 Å². The number of rotatable bonds is 5. The second kappa shape index (κ2) is 7.34. The minimum Gasteiger partial charge on any atom is -0.350 e. The van der Waals surface area contributed by atoms with Crippen molar-refractivity contribution in [2.45, 2.75) is 45.6 Å². The third kappa shape index (κ3) is 3.96. The van der Waals surface area contributed by atoms with Gasteiger partial charge >= 0.3 is 0 Å². The SMILES string of the molecule is CC(NC(=O)CC(C)C1CCCNC1)c1ccc2c(c1)CC(=O)N2. The molecule has 1 aromatic carbocycles. The predicted molar refractivity (Wildman–Crippen MR) is 94.7 cm³/mol. The molecule has 3 N–H and O–H groups in total. The van der Waals surface area contributed by atoms with Gasteiger partial charge in [-0.3, -0.25) is 9.59 Å². The lowest BCUT2D eigenvalue weighted by Gasteiger charge is -2.28. The molecule has 24 heavy (non-hydrogen) atoms. The minimum absolute atomic E-state index is 0.0359. The van der Waals surface area contributed by atoms with Crippen LogP contribution in [0.2, 0.25) is 0 Å². The molecule has 1 fully saturated rings. The van der Waals surface area contributed by atoms with Crippen LogP contribution in [0.5, 0.6) is 0 Å². The van der Waals surface area contributed by atoms with E-state index in [2.05, 4.69) is 22.9 Å². The summed E-state index contributed by atoms with van der Waals surface area (Å²) in [4.78, 5) is 23.8. The van der Waals surface area contributed by atoms with Crippen molar-refractivity contribution < 1.29 is 9.59 Å². The number of piperidine rings is 1. The van der Waals surface area contributed by atoms with Crippen LogP contribution in [0.15, 0.2) is 18.2 Å². The van der Waals surface area contributed by atoms with Crippen molar-refractivity contribution in [3.8, 4) is 0 Å². The van der Waals surface area contributed by atoms with Gasteiger partial charge in [-0.15, -0.1) is 0 Å². The smallest absolute Gasteiger partial charge is 0.228 e. The second-order valence-electron chi connectivity index (χ2n) is 7.22. The highest BCUT2D eigenvalue weighted by atomic mass is 16.2. The Morgan fingerprint density at radius 1 is 1.38 bits per heavy atom. The van der Waals surface area contributed by atoms with Crippen LogP contribution < -0.4 is 16.0 Å². The fourth-order valence-electron chi connectivity index (χ4n) is 3.73. The Balaban J connectivity index is 1.54. The molecule has 0 bridgehead atoms. The van der Waals surface area contributed by atoms with Crippen LogP contribution in [-0.2, 0) is 16.0 Å². The van der Waals surface area contributed by atoms with E-state index < -0.39 is 0 Å². The van der Waals surface area contributed by atoms with Crippen molar-refractivity contribution in [2.24, 2.45) is 11.8 Å². The molecule has 3 atom stereocenters. The van der Waals surface area contributed by atoms with Crippen LogP contribution in [0.1, 0.15) is 50.3 Å².